The summed E-state index contributed by atoms with van der Waals surface area (Å²) in [6.07, 6.45) is 1.07. The Labute approximate surface area is 107 Å². The fourth-order valence-electron chi connectivity index (χ4n) is 2.26. The molecule has 3 rings (SSSR count). The van der Waals surface area contributed by atoms with Gasteiger partial charge in [0, 0.05) is 29.9 Å². The second-order valence-corrected chi connectivity index (χ2v) is 4.42. The number of anilines is 1. The molecule has 0 amide bonds. The average molecular weight is 236 g/mol. The summed E-state index contributed by atoms with van der Waals surface area (Å²) in [6, 6.07) is 18.8. The molecule has 0 aliphatic carbocycles. The number of nitrogens with one attached hydrogen (secondary N) is 1. The van der Waals surface area contributed by atoms with Crippen LogP contribution in [-0.2, 0) is 0 Å². The smallest absolute Gasteiger partial charge is 0.0739 e. The third-order valence-corrected chi connectivity index (χ3v) is 3.15. The highest BCUT2D eigenvalue weighted by atomic mass is 14.9. The van der Waals surface area contributed by atoms with Crippen molar-refractivity contribution in [3.8, 4) is 0 Å². The van der Waals surface area contributed by atoms with Crippen molar-refractivity contribution in [2.24, 2.45) is 4.99 Å². The number of rotatable bonds is 1. The topological polar surface area (TPSA) is 24.4 Å². The van der Waals surface area contributed by atoms with Gasteiger partial charge in [-0.15, -0.1) is 0 Å². The van der Waals surface area contributed by atoms with E-state index in [-0.39, 0.29) is 0 Å². The molecule has 1 aliphatic rings. The highest BCUT2D eigenvalue weighted by molar-refractivity contribution is 6.16. The Morgan fingerprint density at radius 1 is 0.889 bits per heavy atom. The van der Waals surface area contributed by atoms with Gasteiger partial charge in [0.2, 0.25) is 0 Å². The normalized spacial score (nSPS) is 14.8. The lowest BCUT2D eigenvalue weighted by Gasteiger charge is -2.17. The third kappa shape index (κ3) is 2.14. The number of aliphatic imine (C=N–C) groups is 1. The Bertz CT molecular complexity index is 558. The molecule has 0 atom stereocenters. The van der Waals surface area contributed by atoms with E-state index in [2.05, 4.69) is 53.8 Å². The van der Waals surface area contributed by atoms with Crippen LogP contribution in [0.3, 0.4) is 0 Å². The molecule has 2 aromatic carbocycles. The van der Waals surface area contributed by atoms with E-state index in [4.69, 9.17) is 4.99 Å². The van der Waals surface area contributed by atoms with Crippen LogP contribution in [-0.4, -0.2) is 18.8 Å². The van der Waals surface area contributed by atoms with E-state index in [1.165, 1.54) is 16.8 Å². The number of hydrogen-bond donors (Lipinski definition) is 1. The maximum Gasteiger partial charge on any atom is 0.0739 e. The van der Waals surface area contributed by atoms with Crippen molar-refractivity contribution in [1.82, 2.24) is 0 Å². The van der Waals surface area contributed by atoms with Crippen molar-refractivity contribution >= 4 is 11.4 Å². The van der Waals surface area contributed by atoms with E-state index in [0.29, 0.717) is 0 Å². The molecule has 2 aromatic rings. The predicted octanol–water partition coefficient (Wildman–Crippen LogP) is 3.34. The number of hydrogen-bond acceptors (Lipinski definition) is 2. The first-order valence-corrected chi connectivity index (χ1v) is 6.38. The first kappa shape index (κ1) is 11.0. The van der Waals surface area contributed by atoms with Gasteiger partial charge in [0.25, 0.3) is 0 Å². The van der Waals surface area contributed by atoms with E-state index in [9.17, 15) is 0 Å². The molecule has 0 unspecified atom stereocenters. The zero-order chi connectivity index (χ0) is 12.2. The molecule has 0 saturated carbocycles. The zero-order valence-corrected chi connectivity index (χ0v) is 10.3. The second kappa shape index (κ2) is 5.05. The zero-order valence-electron chi connectivity index (χ0n) is 10.3. The van der Waals surface area contributed by atoms with Gasteiger partial charge in [-0.25, -0.2) is 0 Å². The number of fused-ring (bicyclic) bond motifs is 1. The maximum atomic E-state index is 4.77. The van der Waals surface area contributed by atoms with Crippen molar-refractivity contribution in [2.75, 3.05) is 18.4 Å². The summed E-state index contributed by atoms with van der Waals surface area (Å²) in [5.74, 6) is 0. The standard InChI is InChI=1S/C16H16N2/c1-2-7-13(8-3-1)16-14-9-4-5-10-15(14)17-11-6-12-18-16/h1-5,7-10,17H,6,11-12H2. The quantitative estimate of drug-likeness (QED) is 0.807. The SMILES string of the molecule is c1ccc(C2=NCCCNc3ccccc32)cc1. The molecule has 1 aliphatic heterocycles. The van der Waals surface area contributed by atoms with Gasteiger partial charge < -0.3 is 5.32 Å². The number of para-hydroxylation sites is 1. The molecule has 0 saturated heterocycles. The van der Waals surface area contributed by atoms with Crippen LogP contribution in [0.15, 0.2) is 59.6 Å². The Morgan fingerprint density at radius 3 is 2.56 bits per heavy atom. The first-order chi connectivity index (χ1) is 8.95. The predicted molar refractivity (Wildman–Crippen MR) is 76.5 cm³/mol. The van der Waals surface area contributed by atoms with E-state index in [0.717, 1.165) is 25.2 Å². The van der Waals surface area contributed by atoms with Crippen molar-refractivity contribution < 1.29 is 0 Å². The minimum absolute atomic E-state index is 0.881. The molecular weight excluding hydrogens is 220 g/mol. The molecule has 0 aromatic heterocycles. The van der Waals surface area contributed by atoms with Crippen LogP contribution >= 0.6 is 0 Å². The summed E-state index contributed by atoms with van der Waals surface area (Å²) < 4.78 is 0. The summed E-state index contributed by atoms with van der Waals surface area (Å²) in [6.45, 7) is 1.87. The molecule has 2 heteroatoms. The lowest BCUT2D eigenvalue weighted by atomic mass is 10.00. The van der Waals surface area contributed by atoms with Gasteiger partial charge in [0.1, 0.15) is 0 Å². The Morgan fingerprint density at radius 2 is 1.67 bits per heavy atom. The Balaban J connectivity index is 2.12. The van der Waals surface area contributed by atoms with Gasteiger partial charge >= 0.3 is 0 Å². The minimum atomic E-state index is 0.881. The molecule has 18 heavy (non-hydrogen) atoms. The van der Waals surface area contributed by atoms with E-state index in [1.807, 2.05) is 6.07 Å². The van der Waals surface area contributed by atoms with Gasteiger partial charge in [-0.3, -0.25) is 4.99 Å². The monoisotopic (exact) mass is 236 g/mol. The van der Waals surface area contributed by atoms with Gasteiger partial charge in [-0.2, -0.15) is 0 Å². The molecular formula is C16H16N2. The fraction of sp³-hybridized carbons (Fsp3) is 0.188. The van der Waals surface area contributed by atoms with Crippen LogP contribution in [0, 0.1) is 0 Å². The second-order valence-electron chi connectivity index (χ2n) is 4.42. The molecule has 1 heterocycles. The summed E-state index contributed by atoms with van der Waals surface area (Å²) in [5, 5.41) is 3.48. The van der Waals surface area contributed by atoms with E-state index in [1.54, 1.807) is 0 Å². The third-order valence-electron chi connectivity index (χ3n) is 3.15. The molecule has 90 valence electrons. The molecule has 1 N–H and O–H groups in total. The lowest BCUT2D eigenvalue weighted by Crippen LogP contribution is -2.14. The lowest BCUT2D eigenvalue weighted by molar-refractivity contribution is 0.869. The first-order valence-electron chi connectivity index (χ1n) is 6.38. The van der Waals surface area contributed by atoms with Crippen LogP contribution < -0.4 is 5.32 Å². The van der Waals surface area contributed by atoms with E-state index < -0.39 is 0 Å². The molecule has 0 bridgehead atoms. The largest absolute Gasteiger partial charge is 0.384 e. The van der Waals surface area contributed by atoms with Crippen molar-refractivity contribution in [1.29, 1.82) is 0 Å². The van der Waals surface area contributed by atoms with Crippen molar-refractivity contribution in [3.05, 3.63) is 65.7 Å². The van der Waals surface area contributed by atoms with Gasteiger partial charge in [0.05, 0.1) is 5.71 Å². The maximum absolute atomic E-state index is 4.77. The highest BCUT2D eigenvalue weighted by Crippen LogP contribution is 2.21. The Kier molecular flexibility index (Phi) is 3.09. The molecule has 0 radical (unpaired) electrons. The minimum Gasteiger partial charge on any atom is -0.384 e. The van der Waals surface area contributed by atoms with Gasteiger partial charge in [-0.05, 0) is 12.5 Å². The summed E-state index contributed by atoms with van der Waals surface area (Å²) in [5.41, 5.74) is 4.66. The number of benzene rings is 2. The van der Waals surface area contributed by atoms with Crippen molar-refractivity contribution in [2.45, 2.75) is 6.42 Å². The van der Waals surface area contributed by atoms with Crippen LogP contribution in [0.2, 0.25) is 0 Å². The molecule has 2 nitrogen and oxygen atoms in total. The fourth-order valence-corrected chi connectivity index (χ4v) is 2.26. The molecule has 0 fully saturated rings. The van der Waals surface area contributed by atoms with Crippen LogP contribution in [0.5, 0.6) is 0 Å². The molecule has 0 spiro atoms. The summed E-state index contributed by atoms with van der Waals surface area (Å²) in [7, 11) is 0. The van der Waals surface area contributed by atoms with Gasteiger partial charge in [0.15, 0.2) is 0 Å². The van der Waals surface area contributed by atoms with Crippen LogP contribution in [0.4, 0.5) is 5.69 Å². The van der Waals surface area contributed by atoms with Crippen LogP contribution in [0.1, 0.15) is 17.5 Å². The summed E-state index contributed by atoms with van der Waals surface area (Å²) >= 11 is 0. The number of nitrogens with zero attached hydrogens (tertiary/aromatic N) is 1. The average Bonchev–Trinajstić information content (AvgIpc) is 2.41. The van der Waals surface area contributed by atoms with E-state index >= 15 is 0 Å². The van der Waals surface area contributed by atoms with Gasteiger partial charge in [-0.1, -0.05) is 48.5 Å². The highest BCUT2D eigenvalue weighted by Gasteiger charge is 2.12. The summed E-state index contributed by atoms with van der Waals surface area (Å²) in [4.78, 5) is 4.77. The Hall–Kier alpha value is -2.09. The van der Waals surface area contributed by atoms with Crippen molar-refractivity contribution in [3.63, 3.8) is 0 Å². The van der Waals surface area contributed by atoms with Crippen LogP contribution in [0.25, 0.3) is 0 Å².